The van der Waals surface area contributed by atoms with Gasteiger partial charge in [-0.15, -0.1) is 11.3 Å². The van der Waals surface area contributed by atoms with Gasteiger partial charge in [-0.1, -0.05) is 6.92 Å². The minimum absolute atomic E-state index is 0.602. The molecule has 1 unspecified atom stereocenters. The lowest BCUT2D eigenvalue weighted by Gasteiger charge is -2.18. The minimum Gasteiger partial charge on any atom is -0.314 e. The molecule has 0 aliphatic heterocycles. The molecule has 1 rings (SSSR count). The Kier molecular flexibility index (Phi) is 5.95. The highest BCUT2D eigenvalue weighted by molar-refractivity contribution is 7.09. The molecule has 1 aromatic rings. The van der Waals surface area contributed by atoms with Crippen molar-refractivity contribution in [3.8, 4) is 0 Å². The van der Waals surface area contributed by atoms with Gasteiger partial charge < -0.3 is 10.2 Å². The fraction of sp³-hybridized carbons (Fsp3) is 0.750. The van der Waals surface area contributed by atoms with Crippen LogP contribution in [-0.4, -0.2) is 36.1 Å². The van der Waals surface area contributed by atoms with Crippen molar-refractivity contribution < 1.29 is 0 Å². The number of nitrogens with zero attached hydrogens (tertiary/aromatic N) is 2. The molecular weight excluding hydrogens is 218 g/mol. The molecule has 1 atom stereocenters. The molecule has 3 nitrogen and oxygen atoms in total. The van der Waals surface area contributed by atoms with Crippen LogP contribution < -0.4 is 5.32 Å². The Bertz CT molecular complexity index is 298. The normalized spacial score (nSPS) is 13.3. The van der Waals surface area contributed by atoms with Crippen molar-refractivity contribution in [1.82, 2.24) is 15.2 Å². The summed E-state index contributed by atoms with van der Waals surface area (Å²) in [7, 11) is 2.16. The van der Waals surface area contributed by atoms with Crippen LogP contribution in [0.3, 0.4) is 0 Å². The lowest BCUT2D eigenvalue weighted by Crippen LogP contribution is -2.30. The Hall–Kier alpha value is -0.450. The average Bonchev–Trinajstić information content (AvgIpc) is 2.61. The van der Waals surface area contributed by atoms with E-state index in [9.17, 15) is 0 Å². The summed E-state index contributed by atoms with van der Waals surface area (Å²) in [5.41, 5.74) is 1.20. The highest BCUT2D eigenvalue weighted by Gasteiger charge is 2.05. The Balaban J connectivity index is 2.23. The average molecular weight is 241 g/mol. The summed E-state index contributed by atoms with van der Waals surface area (Å²) in [5, 5.41) is 6.74. The van der Waals surface area contributed by atoms with Crippen LogP contribution in [0.15, 0.2) is 5.38 Å². The number of thiazole rings is 1. The molecule has 1 N–H and O–H groups in total. The molecule has 0 radical (unpaired) electrons. The lowest BCUT2D eigenvalue weighted by atomic mass is 10.2. The van der Waals surface area contributed by atoms with Gasteiger partial charge in [0.2, 0.25) is 0 Å². The van der Waals surface area contributed by atoms with Crippen LogP contribution in [0.1, 0.15) is 31.0 Å². The van der Waals surface area contributed by atoms with Gasteiger partial charge in [0, 0.05) is 18.0 Å². The first-order valence-electron chi connectivity index (χ1n) is 5.94. The first-order valence-corrected chi connectivity index (χ1v) is 6.82. The van der Waals surface area contributed by atoms with Gasteiger partial charge in [0.15, 0.2) is 0 Å². The second kappa shape index (κ2) is 6.99. The predicted octanol–water partition coefficient (Wildman–Crippen LogP) is 2.27. The van der Waals surface area contributed by atoms with Crippen LogP contribution in [-0.2, 0) is 6.54 Å². The Labute approximate surface area is 103 Å². The summed E-state index contributed by atoms with van der Waals surface area (Å²) in [4.78, 5) is 6.81. The smallest absolute Gasteiger partial charge is 0.0897 e. The summed E-state index contributed by atoms with van der Waals surface area (Å²) in [6.45, 7) is 9.58. The minimum atomic E-state index is 0.602. The van der Waals surface area contributed by atoms with Crippen molar-refractivity contribution in [2.75, 3.05) is 20.1 Å². The molecule has 0 spiro atoms. The van der Waals surface area contributed by atoms with Crippen molar-refractivity contribution in [3.05, 3.63) is 16.1 Å². The van der Waals surface area contributed by atoms with E-state index in [-0.39, 0.29) is 0 Å². The van der Waals surface area contributed by atoms with Crippen LogP contribution in [0, 0.1) is 6.92 Å². The standard InChI is InChI=1S/C12H23N3S/c1-5-13-10(2)6-7-15(4)8-12-9-16-11(3)14-12/h9-10,13H,5-8H2,1-4H3. The molecule has 0 saturated heterocycles. The molecule has 16 heavy (non-hydrogen) atoms. The van der Waals surface area contributed by atoms with Gasteiger partial charge in [0.1, 0.15) is 0 Å². The molecule has 0 bridgehead atoms. The van der Waals surface area contributed by atoms with Gasteiger partial charge in [0.25, 0.3) is 0 Å². The molecule has 0 aliphatic carbocycles. The number of hydrogen-bond donors (Lipinski definition) is 1. The number of nitrogens with one attached hydrogen (secondary N) is 1. The largest absolute Gasteiger partial charge is 0.314 e. The Morgan fingerprint density at radius 2 is 2.31 bits per heavy atom. The van der Waals surface area contributed by atoms with Crippen molar-refractivity contribution in [2.45, 2.75) is 39.8 Å². The monoisotopic (exact) mass is 241 g/mol. The van der Waals surface area contributed by atoms with Gasteiger partial charge in [-0.2, -0.15) is 0 Å². The van der Waals surface area contributed by atoms with Gasteiger partial charge in [-0.3, -0.25) is 0 Å². The van der Waals surface area contributed by atoms with Gasteiger partial charge in [-0.25, -0.2) is 4.98 Å². The summed E-state index contributed by atoms with van der Waals surface area (Å²) < 4.78 is 0. The maximum Gasteiger partial charge on any atom is 0.0897 e. The van der Waals surface area contributed by atoms with E-state index in [1.165, 1.54) is 12.1 Å². The van der Waals surface area contributed by atoms with E-state index in [4.69, 9.17) is 0 Å². The second-order valence-electron chi connectivity index (χ2n) is 4.34. The van der Waals surface area contributed by atoms with Crippen molar-refractivity contribution in [1.29, 1.82) is 0 Å². The summed E-state index contributed by atoms with van der Waals surface area (Å²) in [6, 6.07) is 0.602. The van der Waals surface area contributed by atoms with Gasteiger partial charge in [0.05, 0.1) is 10.7 Å². The maximum absolute atomic E-state index is 4.48. The van der Waals surface area contributed by atoms with E-state index in [0.717, 1.165) is 24.6 Å². The third-order valence-electron chi connectivity index (χ3n) is 2.59. The first kappa shape index (κ1) is 13.6. The summed E-state index contributed by atoms with van der Waals surface area (Å²) in [5.74, 6) is 0. The SMILES string of the molecule is CCNC(C)CCN(C)Cc1csc(C)n1. The molecule has 92 valence electrons. The third-order valence-corrected chi connectivity index (χ3v) is 3.42. The third kappa shape index (κ3) is 5.05. The lowest BCUT2D eigenvalue weighted by molar-refractivity contribution is 0.302. The molecule has 1 heterocycles. The molecule has 4 heteroatoms. The number of hydrogen-bond acceptors (Lipinski definition) is 4. The zero-order valence-corrected chi connectivity index (χ0v) is 11.6. The van der Waals surface area contributed by atoms with Crippen LogP contribution in [0.4, 0.5) is 0 Å². The molecule has 0 saturated carbocycles. The van der Waals surface area contributed by atoms with E-state index in [0.29, 0.717) is 6.04 Å². The zero-order valence-electron chi connectivity index (χ0n) is 10.8. The number of rotatable bonds is 7. The highest BCUT2D eigenvalue weighted by Crippen LogP contribution is 2.09. The highest BCUT2D eigenvalue weighted by atomic mass is 32.1. The predicted molar refractivity (Wildman–Crippen MR) is 70.9 cm³/mol. The maximum atomic E-state index is 4.48. The quantitative estimate of drug-likeness (QED) is 0.794. The fourth-order valence-electron chi connectivity index (χ4n) is 1.70. The van der Waals surface area contributed by atoms with E-state index in [1.54, 1.807) is 11.3 Å². The molecule has 0 aromatic carbocycles. The Morgan fingerprint density at radius 1 is 1.56 bits per heavy atom. The van der Waals surface area contributed by atoms with Crippen molar-refractivity contribution >= 4 is 11.3 Å². The second-order valence-corrected chi connectivity index (χ2v) is 5.41. The van der Waals surface area contributed by atoms with Crippen LogP contribution in [0.2, 0.25) is 0 Å². The molecule has 1 aromatic heterocycles. The van der Waals surface area contributed by atoms with E-state index in [1.807, 2.05) is 0 Å². The number of aromatic nitrogens is 1. The van der Waals surface area contributed by atoms with Crippen LogP contribution >= 0.6 is 11.3 Å². The Morgan fingerprint density at radius 3 is 2.88 bits per heavy atom. The molecule has 0 amide bonds. The van der Waals surface area contributed by atoms with Crippen LogP contribution in [0.5, 0.6) is 0 Å². The summed E-state index contributed by atoms with van der Waals surface area (Å²) in [6.07, 6.45) is 1.19. The van der Waals surface area contributed by atoms with E-state index >= 15 is 0 Å². The van der Waals surface area contributed by atoms with Gasteiger partial charge in [-0.05, 0) is 40.4 Å². The first-order chi connectivity index (χ1) is 7.61. The fourth-order valence-corrected chi connectivity index (χ4v) is 2.30. The zero-order chi connectivity index (χ0) is 12.0. The van der Waals surface area contributed by atoms with Crippen molar-refractivity contribution in [3.63, 3.8) is 0 Å². The molecular formula is C12H23N3S. The van der Waals surface area contributed by atoms with Gasteiger partial charge >= 0.3 is 0 Å². The topological polar surface area (TPSA) is 28.2 Å². The summed E-state index contributed by atoms with van der Waals surface area (Å²) >= 11 is 1.73. The van der Waals surface area contributed by atoms with Crippen molar-refractivity contribution in [2.24, 2.45) is 0 Å². The molecule has 0 fully saturated rings. The van der Waals surface area contributed by atoms with Crippen LogP contribution in [0.25, 0.3) is 0 Å². The molecule has 0 aliphatic rings. The van der Waals surface area contributed by atoms with E-state index in [2.05, 4.69) is 48.4 Å². The van der Waals surface area contributed by atoms with E-state index < -0.39 is 0 Å². The number of aryl methyl sites for hydroxylation is 1.